The molecule has 3 heteroatoms. The van der Waals surface area contributed by atoms with Gasteiger partial charge in [-0.1, -0.05) is 13.2 Å². The van der Waals surface area contributed by atoms with Crippen LogP contribution in [0.4, 0.5) is 8.78 Å². The second-order valence-electron chi connectivity index (χ2n) is 3.14. The van der Waals surface area contributed by atoms with Gasteiger partial charge >= 0.3 is 0 Å². The SMILES string of the molecule is C=C(F)/C=C\C(=C)C(=O)c1ccc(F)cc1. The number of Topliss-reactive ketones (excluding diaryl/α,β-unsaturated/α-hetero) is 1. The van der Waals surface area contributed by atoms with Gasteiger partial charge in [0, 0.05) is 11.1 Å². The Morgan fingerprint density at radius 2 is 1.69 bits per heavy atom. The van der Waals surface area contributed by atoms with E-state index in [0.29, 0.717) is 5.56 Å². The van der Waals surface area contributed by atoms with E-state index in [0.717, 1.165) is 6.08 Å². The monoisotopic (exact) mass is 220 g/mol. The van der Waals surface area contributed by atoms with Crippen molar-refractivity contribution in [1.29, 1.82) is 0 Å². The number of hydrogen-bond acceptors (Lipinski definition) is 1. The largest absolute Gasteiger partial charge is 0.289 e. The maximum Gasteiger partial charge on any atom is 0.192 e. The van der Waals surface area contributed by atoms with E-state index in [9.17, 15) is 13.6 Å². The summed E-state index contributed by atoms with van der Waals surface area (Å²) >= 11 is 0. The third-order valence-corrected chi connectivity index (χ3v) is 1.86. The van der Waals surface area contributed by atoms with Crippen molar-refractivity contribution in [2.24, 2.45) is 0 Å². The number of ketones is 1. The molecule has 0 saturated heterocycles. The second kappa shape index (κ2) is 5.16. The molecule has 0 spiro atoms. The first-order chi connectivity index (χ1) is 7.50. The molecule has 1 aromatic rings. The van der Waals surface area contributed by atoms with Crippen LogP contribution in [0.1, 0.15) is 10.4 Å². The fraction of sp³-hybridized carbons (Fsp3) is 0. The zero-order chi connectivity index (χ0) is 12.1. The van der Waals surface area contributed by atoms with Crippen LogP contribution in [-0.2, 0) is 0 Å². The van der Waals surface area contributed by atoms with Gasteiger partial charge in [0.15, 0.2) is 5.78 Å². The average Bonchev–Trinajstić information content (AvgIpc) is 2.26. The van der Waals surface area contributed by atoms with Gasteiger partial charge in [-0.25, -0.2) is 8.78 Å². The molecule has 0 aliphatic heterocycles. The van der Waals surface area contributed by atoms with Crippen LogP contribution >= 0.6 is 0 Å². The van der Waals surface area contributed by atoms with Gasteiger partial charge < -0.3 is 0 Å². The van der Waals surface area contributed by atoms with Crippen molar-refractivity contribution in [2.75, 3.05) is 0 Å². The molecule has 0 aliphatic carbocycles. The summed E-state index contributed by atoms with van der Waals surface area (Å²) in [6.45, 7) is 6.50. The maximum atomic E-state index is 12.6. The molecule has 0 radical (unpaired) electrons. The predicted octanol–water partition coefficient (Wildman–Crippen LogP) is 3.60. The molecule has 82 valence electrons. The zero-order valence-corrected chi connectivity index (χ0v) is 8.54. The van der Waals surface area contributed by atoms with Gasteiger partial charge in [0.05, 0.1) is 0 Å². The van der Waals surface area contributed by atoms with Crippen LogP contribution in [0.3, 0.4) is 0 Å². The molecule has 0 aliphatic rings. The van der Waals surface area contributed by atoms with E-state index in [-0.39, 0.29) is 11.4 Å². The summed E-state index contributed by atoms with van der Waals surface area (Å²) in [7, 11) is 0. The minimum atomic E-state index is -0.659. The Morgan fingerprint density at radius 1 is 1.12 bits per heavy atom. The van der Waals surface area contributed by atoms with Crippen LogP contribution in [0.2, 0.25) is 0 Å². The number of benzene rings is 1. The molecule has 1 nitrogen and oxygen atoms in total. The average molecular weight is 220 g/mol. The summed E-state index contributed by atoms with van der Waals surface area (Å²) in [4.78, 5) is 11.6. The number of carbonyl (C=O) groups is 1. The van der Waals surface area contributed by atoms with Gasteiger partial charge in [0.2, 0.25) is 0 Å². The Balaban J connectivity index is 2.82. The first-order valence-electron chi connectivity index (χ1n) is 4.52. The molecule has 0 heterocycles. The fourth-order valence-electron chi connectivity index (χ4n) is 1.05. The number of rotatable bonds is 4. The Kier molecular flexibility index (Phi) is 3.89. The molecular weight excluding hydrogens is 210 g/mol. The molecule has 0 unspecified atom stereocenters. The van der Waals surface area contributed by atoms with Crippen molar-refractivity contribution in [3.8, 4) is 0 Å². The minimum Gasteiger partial charge on any atom is -0.289 e. The highest BCUT2D eigenvalue weighted by molar-refractivity contribution is 6.10. The van der Waals surface area contributed by atoms with Gasteiger partial charge in [-0.05, 0) is 36.4 Å². The van der Waals surface area contributed by atoms with Crippen LogP contribution in [0.25, 0.3) is 0 Å². The zero-order valence-electron chi connectivity index (χ0n) is 8.54. The smallest absolute Gasteiger partial charge is 0.192 e. The predicted molar refractivity (Wildman–Crippen MR) is 59.3 cm³/mol. The third-order valence-electron chi connectivity index (χ3n) is 1.86. The molecule has 1 rings (SSSR count). The standard InChI is InChI=1S/C13H10F2O/c1-9(3-4-10(2)14)13(16)11-5-7-12(15)8-6-11/h3-8H,1-2H2/b4-3-. The Bertz CT molecular complexity index is 455. The van der Waals surface area contributed by atoms with Gasteiger partial charge in [-0.15, -0.1) is 0 Å². The first kappa shape index (κ1) is 12.0. The van der Waals surface area contributed by atoms with Gasteiger partial charge in [-0.2, -0.15) is 0 Å². The lowest BCUT2D eigenvalue weighted by molar-refractivity contribution is 0.103. The van der Waals surface area contributed by atoms with E-state index in [1.807, 2.05) is 0 Å². The van der Waals surface area contributed by atoms with Crippen LogP contribution in [0.15, 0.2) is 61.0 Å². The van der Waals surface area contributed by atoms with E-state index in [2.05, 4.69) is 13.2 Å². The molecule has 0 fully saturated rings. The molecule has 0 saturated carbocycles. The lowest BCUT2D eigenvalue weighted by atomic mass is 10.0. The first-order valence-corrected chi connectivity index (χ1v) is 4.52. The summed E-state index contributed by atoms with van der Waals surface area (Å²) < 4.78 is 24.9. The van der Waals surface area contributed by atoms with Crippen LogP contribution < -0.4 is 0 Å². The summed E-state index contributed by atoms with van der Waals surface area (Å²) in [5, 5.41) is 0. The molecule has 0 amide bonds. The van der Waals surface area contributed by atoms with Crippen molar-refractivity contribution < 1.29 is 13.6 Å². The Hall–Kier alpha value is -2.03. The van der Waals surface area contributed by atoms with Crippen LogP contribution in [0.5, 0.6) is 0 Å². The Labute approximate surface area is 92.4 Å². The number of allylic oxidation sites excluding steroid dienone is 4. The van der Waals surface area contributed by atoms with Crippen molar-refractivity contribution in [2.45, 2.75) is 0 Å². The van der Waals surface area contributed by atoms with Crippen LogP contribution in [-0.4, -0.2) is 5.78 Å². The highest BCUT2D eigenvalue weighted by Crippen LogP contribution is 2.10. The fourth-order valence-corrected chi connectivity index (χ4v) is 1.05. The second-order valence-corrected chi connectivity index (χ2v) is 3.14. The molecule has 0 bridgehead atoms. The van der Waals surface area contributed by atoms with Gasteiger partial charge in [0.1, 0.15) is 11.6 Å². The highest BCUT2D eigenvalue weighted by Gasteiger charge is 2.07. The molecule has 1 aromatic carbocycles. The molecule has 0 atom stereocenters. The number of hydrogen-bond donors (Lipinski definition) is 0. The molecule has 0 N–H and O–H groups in total. The summed E-state index contributed by atoms with van der Waals surface area (Å²) in [5.74, 6) is -1.46. The van der Waals surface area contributed by atoms with Crippen molar-refractivity contribution in [3.63, 3.8) is 0 Å². The number of halogens is 2. The maximum absolute atomic E-state index is 12.6. The van der Waals surface area contributed by atoms with Crippen molar-refractivity contribution >= 4 is 5.78 Å². The lowest BCUT2D eigenvalue weighted by Gasteiger charge is -1.99. The van der Waals surface area contributed by atoms with E-state index in [1.54, 1.807) is 0 Å². The summed E-state index contributed by atoms with van der Waals surface area (Å²) in [6, 6.07) is 5.05. The minimum absolute atomic E-state index is 0.116. The molecule has 0 aromatic heterocycles. The highest BCUT2D eigenvalue weighted by atomic mass is 19.1. The third kappa shape index (κ3) is 3.28. The Morgan fingerprint density at radius 3 is 2.19 bits per heavy atom. The molecular formula is C13H10F2O. The quantitative estimate of drug-likeness (QED) is 0.430. The summed E-state index contributed by atoms with van der Waals surface area (Å²) in [6.07, 6.45) is 2.28. The summed E-state index contributed by atoms with van der Waals surface area (Å²) in [5.41, 5.74) is 0.422. The van der Waals surface area contributed by atoms with Gasteiger partial charge in [-0.3, -0.25) is 4.79 Å². The van der Waals surface area contributed by atoms with E-state index in [4.69, 9.17) is 0 Å². The number of carbonyl (C=O) groups excluding carboxylic acids is 1. The van der Waals surface area contributed by atoms with Crippen LogP contribution in [0, 0.1) is 5.82 Å². The van der Waals surface area contributed by atoms with Crippen molar-refractivity contribution in [3.05, 3.63) is 72.4 Å². The van der Waals surface area contributed by atoms with Crippen molar-refractivity contribution in [1.82, 2.24) is 0 Å². The van der Waals surface area contributed by atoms with E-state index >= 15 is 0 Å². The van der Waals surface area contributed by atoms with E-state index < -0.39 is 11.6 Å². The van der Waals surface area contributed by atoms with Gasteiger partial charge in [0.25, 0.3) is 0 Å². The molecule has 16 heavy (non-hydrogen) atoms. The van der Waals surface area contributed by atoms with E-state index in [1.165, 1.54) is 30.3 Å². The lowest BCUT2D eigenvalue weighted by Crippen LogP contribution is -2.00. The normalized spacial score (nSPS) is 10.4. The topological polar surface area (TPSA) is 17.1 Å².